The number of carbonyl (C=O) groups is 1. The Morgan fingerprint density at radius 2 is 1.85 bits per heavy atom. The van der Waals surface area contributed by atoms with Crippen LogP contribution in [0.4, 0.5) is 0 Å². The Morgan fingerprint density at radius 3 is 2.35 bits per heavy atom. The molecule has 116 valence electrons. The maximum atomic E-state index is 11.7. The van der Waals surface area contributed by atoms with Gasteiger partial charge in [-0.25, -0.2) is 0 Å². The van der Waals surface area contributed by atoms with E-state index in [1.54, 1.807) is 0 Å². The number of nitrogens with two attached hydrogens (primary N) is 1. The van der Waals surface area contributed by atoms with E-state index in [0.717, 1.165) is 37.6 Å². The average molecular weight is 281 g/mol. The number of likely N-dealkylation sites (tertiary alicyclic amines) is 1. The number of unbranched alkanes of at least 4 members (excludes halogenated alkanes) is 1. The van der Waals surface area contributed by atoms with Crippen molar-refractivity contribution in [1.82, 2.24) is 10.2 Å². The lowest BCUT2D eigenvalue weighted by Gasteiger charge is -2.28. The highest BCUT2D eigenvalue weighted by Crippen LogP contribution is 2.26. The first-order valence-electron chi connectivity index (χ1n) is 8.20. The molecule has 0 aromatic rings. The molecule has 0 bridgehead atoms. The first kappa shape index (κ1) is 15.8. The number of amides is 1. The summed E-state index contributed by atoms with van der Waals surface area (Å²) in [7, 11) is 0. The van der Waals surface area contributed by atoms with Gasteiger partial charge in [-0.2, -0.15) is 0 Å². The summed E-state index contributed by atoms with van der Waals surface area (Å²) in [6, 6.07) is 0.521. The molecule has 2 fully saturated rings. The van der Waals surface area contributed by atoms with Crippen LogP contribution in [0, 0.1) is 11.8 Å². The highest BCUT2D eigenvalue weighted by Gasteiger charge is 2.36. The molecule has 1 amide bonds. The van der Waals surface area contributed by atoms with Gasteiger partial charge in [0.15, 0.2) is 0 Å². The van der Waals surface area contributed by atoms with Crippen LogP contribution in [-0.2, 0) is 4.79 Å². The molecule has 2 aliphatic rings. The summed E-state index contributed by atoms with van der Waals surface area (Å²) >= 11 is 0. The molecule has 3 atom stereocenters. The summed E-state index contributed by atoms with van der Waals surface area (Å²) in [5, 5.41) is 3.42. The molecular weight excluding hydrogens is 250 g/mol. The number of nitrogens with zero attached hydrogens (tertiary/aromatic N) is 1. The Morgan fingerprint density at radius 1 is 1.25 bits per heavy atom. The zero-order valence-corrected chi connectivity index (χ0v) is 13.3. The molecule has 0 aromatic heterocycles. The van der Waals surface area contributed by atoms with Crippen LogP contribution in [0.5, 0.6) is 0 Å². The Hall–Kier alpha value is -0.610. The molecule has 4 heteroatoms. The summed E-state index contributed by atoms with van der Waals surface area (Å²) in [4.78, 5) is 14.2. The highest BCUT2D eigenvalue weighted by atomic mass is 16.1. The number of hydrogen-bond acceptors (Lipinski definition) is 3. The SMILES string of the molecule is CC1CN(CCCCC(C)(NC2CC2)C(N)=O)CC1C. The van der Waals surface area contributed by atoms with Gasteiger partial charge < -0.3 is 16.0 Å². The third kappa shape index (κ3) is 4.19. The molecule has 3 unspecified atom stereocenters. The molecule has 1 heterocycles. The van der Waals surface area contributed by atoms with E-state index in [1.165, 1.54) is 25.9 Å². The van der Waals surface area contributed by atoms with Crippen molar-refractivity contribution in [3.8, 4) is 0 Å². The molecule has 2 rings (SSSR count). The van der Waals surface area contributed by atoms with Crippen molar-refractivity contribution < 1.29 is 4.79 Å². The lowest BCUT2D eigenvalue weighted by molar-refractivity contribution is -0.124. The molecule has 4 nitrogen and oxygen atoms in total. The number of carbonyl (C=O) groups excluding carboxylic acids is 1. The molecule has 20 heavy (non-hydrogen) atoms. The Kier molecular flexibility index (Phi) is 5.08. The van der Waals surface area contributed by atoms with Gasteiger partial charge in [-0.1, -0.05) is 13.8 Å². The van der Waals surface area contributed by atoms with E-state index in [9.17, 15) is 4.79 Å². The zero-order chi connectivity index (χ0) is 14.8. The fraction of sp³-hybridized carbons (Fsp3) is 0.938. The van der Waals surface area contributed by atoms with Gasteiger partial charge in [0.05, 0.1) is 5.54 Å². The van der Waals surface area contributed by atoms with Gasteiger partial charge in [0.25, 0.3) is 0 Å². The lowest BCUT2D eigenvalue weighted by atomic mass is 9.93. The van der Waals surface area contributed by atoms with Crippen LogP contribution in [0.2, 0.25) is 0 Å². The molecule has 0 radical (unpaired) electrons. The minimum Gasteiger partial charge on any atom is -0.368 e. The molecule has 0 spiro atoms. The van der Waals surface area contributed by atoms with Crippen LogP contribution in [0.15, 0.2) is 0 Å². The van der Waals surface area contributed by atoms with Crippen LogP contribution >= 0.6 is 0 Å². The van der Waals surface area contributed by atoms with Crippen LogP contribution in [0.25, 0.3) is 0 Å². The smallest absolute Gasteiger partial charge is 0.237 e. The molecule has 1 saturated carbocycles. The minimum atomic E-state index is -0.507. The number of hydrogen-bond donors (Lipinski definition) is 2. The molecule has 0 aromatic carbocycles. The van der Waals surface area contributed by atoms with Crippen molar-refractivity contribution >= 4 is 5.91 Å². The summed E-state index contributed by atoms with van der Waals surface area (Å²) < 4.78 is 0. The van der Waals surface area contributed by atoms with Crippen molar-refractivity contribution in [3.63, 3.8) is 0 Å². The number of nitrogens with one attached hydrogen (secondary N) is 1. The fourth-order valence-corrected chi connectivity index (χ4v) is 3.19. The van der Waals surface area contributed by atoms with E-state index in [0.29, 0.717) is 6.04 Å². The monoisotopic (exact) mass is 281 g/mol. The summed E-state index contributed by atoms with van der Waals surface area (Å²) in [6.45, 7) is 10.3. The third-order valence-electron chi connectivity index (χ3n) is 5.11. The standard InChI is InChI=1S/C16H31N3O/c1-12-10-19(11-13(12)2)9-5-4-8-16(3,15(17)20)18-14-6-7-14/h12-14,18H,4-11H2,1-3H3,(H2,17,20). The van der Waals surface area contributed by atoms with Crippen LogP contribution in [0.1, 0.15) is 52.9 Å². The quantitative estimate of drug-likeness (QED) is 0.666. The van der Waals surface area contributed by atoms with Gasteiger partial charge >= 0.3 is 0 Å². The van der Waals surface area contributed by atoms with Crippen LogP contribution < -0.4 is 11.1 Å². The van der Waals surface area contributed by atoms with Gasteiger partial charge in [0.2, 0.25) is 5.91 Å². The Balaban J connectivity index is 1.67. The molecule has 1 aliphatic heterocycles. The second-order valence-corrected chi connectivity index (χ2v) is 7.29. The van der Waals surface area contributed by atoms with Gasteiger partial charge in [0.1, 0.15) is 0 Å². The zero-order valence-electron chi connectivity index (χ0n) is 13.3. The Bertz CT molecular complexity index is 333. The first-order valence-corrected chi connectivity index (χ1v) is 8.20. The molecule has 3 N–H and O–H groups in total. The second kappa shape index (κ2) is 6.44. The second-order valence-electron chi connectivity index (χ2n) is 7.29. The van der Waals surface area contributed by atoms with Gasteiger partial charge in [-0.3, -0.25) is 4.79 Å². The number of rotatable bonds is 8. The third-order valence-corrected chi connectivity index (χ3v) is 5.11. The van der Waals surface area contributed by atoms with E-state index in [4.69, 9.17) is 5.73 Å². The molecule has 1 aliphatic carbocycles. The highest BCUT2D eigenvalue weighted by molar-refractivity contribution is 5.84. The predicted octanol–water partition coefficient (Wildman–Crippen LogP) is 1.74. The topological polar surface area (TPSA) is 58.4 Å². The number of primary amides is 1. The van der Waals surface area contributed by atoms with Crippen molar-refractivity contribution in [2.75, 3.05) is 19.6 Å². The van der Waals surface area contributed by atoms with Crippen molar-refractivity contribution in [2.45, 2.75) is 64.5 Å². The lowest BCUT2D eigenvalue weighted by Crippen LogP contribution is -2.54. The average Bonchev–Trinajstić information content (AvgIpc) is 3.11. The Labute approximate surface area is 123 Å². The molecular formula is C16H31N3O. The summed E-state index contributed by atoms with van der Waals surface area (Å²) in [5.41, 5.74) is 5.07. The molecule has 1 saturated heterocycles. The van der Waals surface area contributed by atoms with Crippen LogP contribution in [-0.4, -0.2) is 42.0 Å². The van der Waals surface area contributed by atoms with E-state index in [2.05, 4.69) is 24.1 Å². The van der Waals surface area contributed by atoms with Crippen LogP contribution in [0.3, 0.4) is 0 Å². The first-order chi connectivity index (χ1) is 9.40. The predicted molar refractivity (Wildman–Crippen MR) is 82.4 cm³/mol. The summed E-state index contributed by atoms with van der Waals surface area (Å²) in [6.07, 6.45) is 5.46. The largest absolute Gasteiger partial charge is 0.368 e. The van der Waals surface area contributed by atoms with E-state index < -0.39 is 5.54 Å². The van der Waals surface area contributed by atoms with Gasteiger partial charge in [-0.15, -0.1) is 0 Å². The minimum absolute atomic E-state index is 0.201. The van der Waals surface area contributed by atoms with Gasteiger partial charge in [0, 0.05) is 19.1 Å². The summed E-state index contributed by atoms with van der Waals surface area (Å²) in [5.74, 6) is 1.44. The van der Waals surface area contributed by atoms with Gasteiger partial charge in [-0.05, 0) is 57.4 Å². The normalized spacial score (nSPS) is 30.4. The van der Waals surface area contributed by atoms with Crippen molar-refractivity contribution in [1.29, 1.82) is 0 Å². The maximum Gasteiger partial charge on any atom is 0.237 e. The van der Waals surface area contributed by atoms with Crippen molar-refractivity contribution in [2.24, 2.45) is 17.6 Å². The van der Waals surface area contributed by atoms with E-state index >= 15 is 0 Å². The maximum absolute atomic E-state index is 11.7. The van der Waals surface area contributed by atoms with E-state index in [1.807, 2.05) is 6.92 Å². The van der Waals surface area contributed by atoms with E-state index in [-0.39, 0.29) is 5.91 Å². The fourth-order valence-electron chi connectivity index (χ4n) is 3.19. The van der Waals surface area contributed by atoms with Crippen molar-refractivity contribution in [3.05, 3.63) is 0 Å².